The van der Waals surface area contributed by atoms with Crippen LogP contribution in [-0.4, -0.2) is 27.7 Å². The number of carbonyl (C=O) groups excluding carboxylic acids is 1. The Morgan fingerprint density at radius 1 is 1.30 bits per heavy atom. The third-order valence-corrected chi connectivity index (χ3v) is 2.86. The number of H-pyrrole nitrogens is 1. The fourth-order valence-electron chi connectivity index (χ4n) is 1.90. The molecule has 3 rings (SSSR count). The minimum absolute atomic E-state index is 0.227. The zero-order chi connectivity index (χ0) is 16.2. The van der Waals surface area contributed by atoms with E-state index in [0.29, 0.717) is 22.7 Å². The summed E-state index contributed by atoms with van der Waals surface area (Å²) in [5, 5.41) is 2.46. The standard InChI is InChI=1S/C15H13FN4O3/c1-2-22-15(21)20-14-18-12-7-11(8-17-13(12)19-14)23-10-5-3-9(16)4-6-10/h3-8H,2H2,1H3,(H2,17,18,19,20,21). The van der Waals surface area contributed by atoms with E-state index in [4.69, 9.17) is 9.47 Å². The average Bonchev–Trinajstić information content (AvgIpc) is 2.91. The van der Waals surface area contributed by atoms with Gasteiger partial charge in [-0.15, -0.1) is 0 Å². The summed E-state index contributed by atoms with van der Waals surface area (Å²) in [6, 6.07) is 7.31. The first-order valence-corrected chi connectivity index (χ1v) is 6.87. The first kappa shape index (κ1) is 14.8. The number of ether oxygens (including phenoxy) is 2. The van der Waals surface area contributed by atoms with Gasteiger partial charge in [0.05, 0.1) is 18.3 Å². The number of aromatic amines is 1. The van der Waals surface area contributed by atoms with Crippen molar-refractivity contribution in [2.75, 3.05) is 11.9 Å². The van der Waals surface area contributed by atoms with E-state index < -0.39 is 6.09 Å². The highest BCUT2D eigenvalue weighted by molar-refractivity contribution is 5.85. The smallest absolute Gasteiger partial charge is 0.413 e. The Labute approximate surface area is 130 Å². The van der Waals surface area contributed by atoms with Gasteiger partial charge >= 0.3 is 6.09 Å². The maximum Gasteiger partial charge on any atom is 0.413 e. The third kappa shape index (κ3) is 3.54. The lowest BCUT2D eigenvalue weighted by Crippen LogP contribution is -2.14. The van der Waals surface area contributed by atoms with E-state index in [2.05, 4.69) is 20.3 Å². The van der Waals surface area contributed by atoms with Gasteiger partial charge in [0, 0.05) is 6.07 Å². The fraction of sp³-hybridized carbons (Fsp3) is 0.133. The summed E-state index contributed by atoms with van der Waals surface area (Å²) in [5.41, 5.74) is 1.000. The summed E-state index contributed by atoms with van der Waals surface area (Å²) in [6.45, 7) is 1.97. The molecule has 2 heterocycles. The van der Waals surface area contributed by atoms with Crippen LogP contribution in [0.5, 0.6) is 11.5 Å². The molecule has 118 valence electrons. The Morgan fingerprint density at radius 3 is 2.83 bits per heavy atom. The number of rotatable bonds is 4. The fourth-order valence-corrected chi connectivity index (χ4v) is 1.90. The van der Waals surface area contributed by atoms with Gasteiger partial charge in [-0.05, 0) is 31.2 Å². The second-order valence-corrected chi connectivity index (χ2v) is 4.53. The van der Waals surface area contributed by atoms with Crippen LogP contribution < -0.4 is 10.1 Å². The van der Waals surface area contributed by atoms with E-state index in [1.165, 1.54) is 30.5 Å². The molecule has 8 heteroatoms. The first-order chi connectivity index (χ1) is 11.1. The minimum Gasteiger partial charge on any atom is -0.456 e. The number of benzene rings is 1. The monoisotopic (exact) mass is 316 g/mol. The van der Waals surface area contributed by atoms with Crippen molar-refractivity contribution in [1.29, 1.82) is 0 Å². The molecule has 0 atom stereocenters. The van der Waals surface area contributed by atoms with Gasteiger partial charge in [0.2, 0.25) is 5.95 Å². The topological polar surface area (TPSA) is 89.1 Å². The second kappa shape index (κ2) is 6.30. The molecule has 2 aromatic heterocycles. The number of halogens is 1. The third-order valence-electron chi connectivity index (χ3n) is 2.86. The van der Waals surface area contributed by atoms with Crippen LogP contribution in [-0.2, 0) is 4.74 Å². The van der Waals surface area contributed by atoms with Crippen molar-refractivity contribution < 1.29 is 18.7 Å². The van der Waals surface area contributed by atoms with E-state index in [9.17, 15) is 9.18 Å². The number of nitrogens with zero attached hydrogens (tertiary/aromatic N) is 2. The Kier molecular flexibility index (Phi) is 4.05. The van der Waals surface area contributed by atoms with Crippen LogP contribution >= 0.6 is 0 Å². The van der Waals surface area contributed by atoms with Crippen molar-refractivity contribution in [2.45, 2.75) is 6.92 Å². The van der Waals surface area contributed by atoms with E-state index in [0.717, 1.165) is 0 Å². The molecule has 0 aliphatic heterocycles. The summed E-state index contributed by atoms with van der Waals surface area (Å²) in [5.74, 6) is 0.825. The van der Waals surface area contributed by atoms with Crippen LogP contribution in [0, 0.1) is 5.82 Å². The number of aromatic nitrogens is 3. The predicted molar refractivity (Wildman–Crippen MR) is 81.0 cm³/mol. The number of hydrogen-bond donors (Lipinski definition) is 2. The van der Waals surface area contributed by atoms with Crippen LogP contribution in [0.25, 0.3) is 11.2 Å². The van der Waals surface area contributed by atoms with Crippen LogP contribution in [0.2, 0.25) is 0 Å². The molecule has 3 aromatic rings. The normalized spacial score (nSPS) is 10.5. The molecule has 0 fully saturated rings. The summed E-state index contributed by atoms with van der Waals surface area (Å²) >= 11 is 0. The molecule has 0 saturated carbocycles. The molecule has 7 nitrogen and oxygen atoms in total. The van der Waals surface area contributed by atoms with Crippen molar-refractivity contribution in [3.8, 4) is 11.5 Å². The lowest BCUT2D eigenvalue weighted by molar-refractivity contribution is 0.167. The molecule has 0 unspecified atom stereocenters. The summed E-state index contributed by atoms with van der Waals surface area (Å²) in [6.07, 6.45) is 0.884. The van der Waals surface area contributed by atoms with Crippen molar-refractivity contribution in [2.24, 2.45) is 0 Å². The number of carbonyl (C=O) groups is 1. The lowest BCUT2D eigenvalue weighted by Gasteiger charge is -2.04. The molecular weight excluding hydrogens is 303 g/mol. The SMILES string of the molecule is CCOC(=O)Nc1nc2ncc(Oc3ccc(F)cc3)cc2[nH]1. The number of amides is 1. The predicted octanol–water partition coefficient (Wildman–Crippen LogP) is 3.46. The maximum atomic E-state index is 12.9. The summed E-state index contributed by atoms with van der Waals surface area (Å²) in [4.78, 5) is 22.5. The Bertz CT molecular complexity index is 832. The number of nitrogens with one attached hydrogen (secondary N) is 2. The van der Waals surface area contributed by atoms with Gasteiger partial charge in [0.15, 0.2) is 5.65 Å². The van der Waals surface area contributed by atoms with E-state index in [-0.39, 0.29) is 18.4 Å². The number of hydrogen-bond acceptors (Lipinski definition) is 5. The van der Waals surface area contributed by atoms with Gasteiger partial charge < -0.3 is 14.5 Å². The molecule has 23 heavy (non-hydrogen) atoms. The van der Waals surface area contributed by atoms with E-state index in [1.807, 2.05) is 0 Å². The Hall–Kier alpha value is -3.16. The Balaban J connectivity index is 1.78. The minimum atomic E-state index is -0.602. The molecule has 0 radical (unpaired) electrons. The van der Waals surface area contributed by atoms with Gasteiger partial charge in [-0.1, -0.05) is 0 Å². The van der Waals surface area contributed by atoms with Gasteiger partial charge in [0.25, 0.3) is 0 Å². The van der Waals surface area contributed by atoms with Gasteiger partial charge in [-0.25, -0.2) is 14.2 Å². The van der Waals surface area contributed by atoms with E-state index >= 15 is 0 Å². The highest BCUT2D eigenvalue weighted by Crippen LogP contribution is 2.24. The maximum absolute atomic E-state index is 12.9. The van der Waals surface area contributed by atoms with Gasteiger partial charge in [0.1, 0.15) is 17.3 Å². The molecule has 0 bridgehead atoms. The van der Waals surface area contributed by atoms with Gasteiger partial charge in [-0.2, -0.15) is 4.98 Å². The van der Waals surface area contributed by atoms with Crippen molar-refractivity contribution in [3.05, 3.63) is 42.3 Å². The summed E-state index contributed by atoms with van der Waals surface area (Å²) < 4.78 is 23.2. The summed E-state index contributed by atoms with van der Waals surface area (Å²) in [7, 11) is 0. The highest BCUT2D eigenvalue weighted by Gasteiger charge is 2.09. The number of anilines is 1. The van der Waals surface area contributed by atoms with E-state index in [1.54, 1.807) is 13.0 Å². The number of fused-ring (bicyclic) bond motifs is 1. The van der Waals surface area contributed by atoms with Crippen molar-refractivity contribution in [3.63, 3.8) is 0 Å². The highest BCUT2D eigenvalue weighted by atomic mass is 19.1. The second-order valence-electron chi connectivity index (χ2n) is 4.53. The largest absolute Gasteiger partial charge is 0.456 e. The first-order valence-electron chi connectivity index (χ1n) is 6.87. The van der Waals surface area contributed by atoms with Gasteiger partial charge in [-0.3, -0.25) is 5.32 Å². The van der Waals surface area contributed by atoms with Crippen molar-refractivity contribution in [1.82, 2.24) is 15.0 Å². The zero-order valence-corrected chi connectivity index (χ0v) is 12.2. The lowest BCUT2D eigenvalue weighted by atomic mass is 10.3. The molecule has 0 saturated heterocycles. The number of imidazole rings is 1. The van der Waals surface area contributed by atoms with Crippen LogP contribution in [0.3, 0.4) is 0 Å². The molecular formula is C15H13FN4O3. The molecule has 1 amide bonds. The molecule has 0 aliphatic carbocycles. The van der Waals surface area contributed by atoms with Crippen molar-refractivity contribution >= 4 is 23.2 Å². The zero-order valence-electron chi connectivity index (χ0n) is 12.2. The molecule has 0 aliphatic rings. The van der Waals surface area contributed by atoms with Crippen LogP contribution in [0.4, 0.5) is 15.1 Å². The average molecular weight is 316 g/mol. The van der Waals surface area contributed by atoms with Crippen LogP contribution in [0.15, 0.2) is 36.5 Å². The van der Waals surface area contributed by atoms with Crippen LogP contribution in [0.1, 0.15) is 6.92 Å². The molecule has 2 N–H and O–H groups in total. The number of pyridine rings is 1. The molecule has 0 spiro atoms. The quantitative estimate of drug-likeness (QED) is 0.769. The molecule has 1 aromatic carbocycles. The Morgan fingerprint density at radius 2 is 2.09 bits per heavy atom.